The second-order valence-electron chi connectivity index (χ2n) is 6.04. The first kappa shape index (κ1) is 15.8. The molecule has 1 amide bonds. The lowest BCUT2D eigenvalue weighted by Gasteiger charge is -2.35. The molecule has 2 rings (SSSR count). The zero-order valence-corrected chi connectivity index (χ0v) is 13.1. The van der Waals surface area contributed by atoms with E-state index in [-0.39, 0.29) is 17.9 Å². The van der Waals surface area contributed by atoms with E-state index in [9.17, 15) is 4.79 Å². The number of nitrogens with two attached hydrogens (primary N) is 1. The zero-order chi connectivity index (χ0) is 15.2. The fraction of sp³-hybridized carbons (Fsp3) is 0.588. The van der Waals surface area contributed by atoms with Crippen molar-refractivity contribution in [3.63, 3.8) is 0 Å². The summed E-state index contributed by atoms with van der Waals surface area (Å²) in [6.45, 7) is 6.01. The van der Waals surface area contributed by atoms with Crippen molar-refractivity contribution in [2.24, 2.45) is 11.7 Å². The predicted molar refractivity (Wildman–Crippen MR) is 87.3 cm³/mol. The Balaban J connectivity index is 1.91. The van der Waals surface area contributed by atoms with E-state index >= 15 is 0 Å². The summed E-state index contributed by atoms with van der Waals surface area (Å²) in [6.07, 6.45) is 3.05. The molecule has 1 fully saturated rings. The lowest BCUT2D eigenvalue weighted by molar-refractivity contribution is -0.124. The summed E-state index contributed by atoms with van der Waals surface area (Å²) in [5.74, 6) is 0.211. The number of piperidine rings is 1. The van der Waals surface area contributed by atoms with Gasteiger partial charge in [0, 0.05) is 24.8 Å². The van der Waals surface area contributed by atoms with Crippen LogP contribution in [0.4, 0.5) is 5.69 Å². The van der Waals surface area contributed by atoms with E-state index in [2.05, 4.69) is 41.4 Å². The number of carbonyl (C=O) groups is 1. The van der Waals surface area contributed by atoms with E-state index in [1.807, 2.05) is 13.0 Å². The van der Waals surface area contributed by atoms with Crippen molar-refractivity contribution in [1.82, 2.24) is 5.32 Å². The molecule has 4 nitrogen and oxygen atoms in total. The quantitative estimate of drug-likeness (QED) is 0.873. The third kappa shape index (κ3) is 4.21. The molecule has 0 bridgehead atoms. The van der Waals surface area contributed by atoms with E-state index in [0.29, 0.717) is 0 Å². The Kier molecular flexibility index (Phi) is 5.62. The van der Waals surface area contributed by atoms with Crippen LogP contribution in [0.15, 0.2) is 30.3 Å². The van der Waals surface area contributed by atoms with Crippen molar-refractivity contribution < 1.29 is 4.79 Å². The summed E-state index contributed by atoms with van der Waals surface area (Å²) < 4.78 is 0. The number of hydrogen-bond acceptors (Lipinski definition) is 3. The Labute approximate surface area is 127 Å². The summed E-state index contributed by atoms with van der Waals surface area (Å²) in [5, 5.41) is 3.13. The molecule has 1 aliphatic rings. The van der Waals surface area contributed by atoms with Crippen molar-refractivity contribution in [3.05, 3.63) is 30.3 Å². The van der Waals surface area contributed by atoms with Gasteiger partial charge in [0.2, 0.25) is 5.91 Å². The number of anilines is 1. The molecule has 3 atom stereocenters. The first-order valence-corrected chi connectivity index (χ1v) is 7.97. The molecule has 0 aromatic heterocycles. The highest BCUT2D eigenvalue weighted by Gasteiger charge is 2.25. The Morgan fingerprint density at radius 2 is 2.14 bits per heavy atom. The second-order valence-corrected chi connectivity index (χ2v) is 6.04. The zero-order valence-electron chi connectivity index (χ0n) is 13.1. The number of nitrogens with one attached hydrogen (secondary N) is 1. The minimum Gasteiger partial charge on any atom is -0.369 e. The van der Waals surface area contributed by atoms with Gasteiger partial charge >= 0.3 is 0 Å². The Bertz CT molecular complexity index is 449. The molecular weight excluding hydrogens is 262 g/mol. The molecule has 3 unspecified atom stereocenters. The van der Waals surface area contributed by atoms with Crippen LogP contribution < -0.4 is 16.0 Å². The molecule has 4 heteroatoms. The number of amides is 1. The van der Waals surface area contributed by atoms with Crippen molar-refractivity contribution in [1.29, 1.82) is 0 Å². The molecule has 3 N–H and O–H groups in total. The van der Waals surface area contributed by atoms with E-state index in [0.717, 1.165) is 32.4 Å². The van der Waals surface area contributed by atoms with Crippen LogP contribution >= 0.6 is 0 Å². The highest BCUT2D eigenvalue weighted by atomic mass is 16.2. The van der Waals surface area contributed by atoms with Crippen molar-refractivity contribution in [2.75, 3.05) is 18.0 Å². The summed E-state index contributed by atoms with van der Waals surface area (Å²) in [5.41, 5.74) is 7.23. The fourth-order valence-electron chi connectivity index (χ4n) is 2.78. The van der Waals surface area contributed by atoms with Gasteiger partial charge in [0.15, 0.2) is 0 Å². The monoisotopic (exact) mass is 289 g/mol. The maximum absolute atomic E-state index is 12.2. The Morgan fingerprint density at radius 1 is 1.43 bits per heavy atom. The smallest absolute Gasteiger partial charge is 0.237 e. The van der Waals surface area contributed by atoms with Gasteiger partial charge in [0.1, 0.15) is 0 Å². The van der Waals surface area contributed by atoms with E-state index in [1.54, 1.807) is 0 Å². The van der Waals surface area contributed by atoms with Crippen LogP contribution in [0.25, 0.3) is 0 Å². The maximum atomic E-state index is 12.2. The van der Waals surface area contributed by atoms with Gasteiger partial charge in [-0.05, 0) is 30.9 Å². The molecular formula is C17H27N3O. The van der Waals surface area contributed by atoms with Gasteiger partial charge in [0.25, 0.3) is 0 Å². The number of rotatable bonds is 5. The van der Waals surface area contributed by atoms with Gasteiger partial charge in [-0.15, -0.1) is 0 Å². The van der Waals surface area contributed by atoms with Crippen LogP contribution in [-0.4, -0.2) is 31.1 Å². The number of nitrogens with zero attached hydrogens (tertiary/aromatic N) is 1. The fourth-order valence-corrected chi connectivity index (χ4v) is 2.78. The van der Waals surface area contributed by atoms with Crippen LogP contribution in [0.2, 0.25) is 0 Å². The number of carbonyl (C=O) groups excluding carboxylic acids is 1. The Morgan fingerprint density at radius 3 is 2.81 bits per heavy atom. The first-order valence-electron chi connectivity index (χ1n) is 7.97. The molecule has 1 heterocycles. The second kappa shape index (κ2) is 7.46. The lowest BCUT2D eigenvalue weighted by Crippen LogP contribution is -2.53. The minimum absolute atomic E-state index is 0.00994. The molecule has 21 heavy (non-hydrogen) atoms. The van der Waals surface area contributed by atoms with Crippen molar-refractivity contribution >= 4 is 11.6 Å². The molecule has 0 spiro atoms. The normalized spacial score (nSPS) is 21.7. The SMILES string of the molecule is CCC(C)C(N)C(=O)NC1CCCN(c2ccccc2)C1. The molecule has 1 aliphatic heterocycles. The van der Waals surface area contributed by atoms with Crippen LogP contribution in [0.5, 0.6) is 0 Å². The summed E-state index contributed by atoms with van der Waals surface area (Å²) in [7, 11) is 0. The Hall–Kier alpha value is -1.55. The third-order valence-corrected chi connectivity index (χ3v) is 4.45. The molecule has 1 aromatic carbocycles. The van der Waals surface area contributed by atoms with Gasteiger partial charge in [-0.3, -0.25) is 4.79 Å². The molecule has 116 valence electrons. The van der Waals surface area contributed by atoms with Crippen molar-refractivity contribution in [2.45, 2.75) is 45.2 Å². The van der Waals surface area contributed by atoms with Gasteiger partial charge in [0.05, 0.1) is 6.04 Å². The highest BCUT2D eigenvalue weighted by Crippen LogP contribution is 2.19. The van der Waals surface area contributed by atoms with Gasteiger partial charge in [-0.2, -0.15) is 0 Å². The first-order chi connectivity index (χ1) is 10.1. The van der Waals surface area contributed by atoms with Gasteiger partial charge < -0.3 is 16.0 Å². The molecule has 0 saturated carbocycles. The van der Waals surface area contributed by atoms with E-state index in [4.69, 9.17) is 5.73 Å². The van der Waals surface area contributed by atoms with Crippen molar-refractivity contribution in [3.8, 4) is 0 Å². The summed E-state index contributed by atoms with van der Waals surface area (Å²) >= 11 is 0. The third-order valence-electron chi connectivity index (χ3n) is 4.45. The van der Waals surface area contributed by atoms with Gasteiger partial charge in [-0.1, -0.05) is 38.5 Å². The lowest BCUT2D eigenvalue weighted by atomic mass is 9.98. The van der Waals surface area contributed by atoms with Gasteiger partial charge in [-0.25, -0.2) is 0 Å². The molecule has 1 saturated heterocycles. The number of hydrogen-bond donors (Lipinski definition) is 2. The molecule has 1 aromatic rings. The van der Waals surface area contributed by atoms with Crippen LogP contribution in [0.3, 0.4) is 0 Å². The summed E-state index contributed by atoms with van der Waals surface area (Å²) in [6, 6.07) is 10.2. The number of para-hydroxylation sites is 1. The largest absolute Gasteiger partial charge is 0.369 e. The van der Waals surface area contributed by atoms with E-state index in [1.165, 1.54) is 5.69 Å². The summed E-state index contributed by atoms with van der Waals surface area (Å²) in [4.78, 5) is 14.5. The predicted octanol–water partition coefficient (Wildman–Crippen LogP) is 2.14. The number of benzene rings is 1. The molecule has 0 aliphatic carbocycles. The van der Waals surface area contributed by atoms with Crippen LogP contribution in [-0.2, 0) is 4.79 Å². The topological polar surface area (TPSA) is 58.4 Å². The van der Waals surface area contributed by atoms with Crippen LogP contribution in [0, 0.1) is 5.92 Å². The average Bonchev–Trinajstić information content (AvgIpc) is 2.54. The van der Waals surface area contributed by atoms with Crippen LogP contribution in [0.1, 0.15) is 33.1 Å². The average molecular weight is 289 g/mol. The standard InChI is InChI=1S/C17H27N3O/c1-3-13(2)16(18)17(21)19-14-8-7-11-20(12-14)15-9-5-4-6-10-15/h4-6,9-10,13-14,16H,3,7-8,11-12,18H2,1-2H3,(H,19,21). The molecule has 0 radical (unpaired) electrons. The maximum Gasteiger partial charge on any atom is 0.237 e. The highest BCUT2D eigenvalue weighted by molar-refractivity contribution is 5.82. The van der Waals surface area contributed by atoms with E-state index < -0.39 is 6.04 Å². The minimum atomic E-state index is -0.401.